The van der Waals surface area contributed by atoms with Crippen molar-refractivity contribution in [3.63, 3.8) is 0 Å². The van der Waals surface area contributed by atoms with Gasteiger partial charge in [-0.3, -0.25) is 0 Å². The molecule has 0 bridgehead atoms. The van der Waals surface area contributed by atoms with Crippen molar-refractivity contribution in [2.24, 2.45) is 0 Å². The first-order valence-corrected chi connectivity index (χ1v) is 7.35. The van der Waals surface area contributed by atoms with Gasteiger partial charge in [-0.05, 0) is 29.9 Å². The molecular weight excluding hydrogens is 222 g/mol. The Hall–Kier alpha value is -0.860. The summed E-state index contributed by atoms with van der Waals surface area (Å²) in [7, 11) is 0. The average molecular weight is 245 g/mol. The zero-order valence-corrected chi connectivity index (χ0v) is 11.0. The molecule has 3 rings (SSSR count). The highest BCUT2D eigenvalue weighted by atomic mass is 16.5. The minimum Gasteiger partial charge on any atom is -0.371 e. The average Bonchev–Trinajstić information content (AvgIpc) is 2.49. The van der Waals surface area contributed by atoms with E-state index in [9.17, 15) is 0 Å². The number of ether oxygens (including phenoxy) is 1. The quantitative estimate of drug-likeness (QED) is 0.862. The molecule has 1 aromatic carbocycles. The van der Waals surface area contributed by atoms with Crippen LogP contribution in [0.4, 0.5) is 0 Å². The van der Waals surface area contributed by atoms with E-state index in [0.717, 1.165) is 25.6 Å². The first-order chi connectivity index (χ1) is 8.93. The van der Waals surface area contributed by atoms with Crippen LogP contribution in [-0.2, 0) is 4.74 Å². The van der Waals surface area contributed by atoms with Gasteiger partial charge in [0, 0.05) is 13.1 Å². The highest BCUT2D eigenvalue weighted by Crippen LogP contribution is 2.33. The lowest BCUT2D eigenvalue weighted by Gasteiger charge is -2.25. The number of morpholine rings is 1. The van der Waals surface area contributed by atoms with Crippen molar-refractivity contribution in [3.05, 3.63) is 35.4 Å². The van der Waals surface area contributed by atoms with Gasteiger partial charge in [-0.2, -0.15) is 0 Å². The van der Waals surface area contributed by atoms with Crippen molar-refractivity contribution in [3.8, 4) is 0 Å². The molecule has 2 aliphatic rings. The van der Waals surface area contributed by atoms with Gasteiger partial charge in [0.25, 0.3) is 0 Å². The zero-order valence-electron chi connectivity index (χ0n) is 11.0. The topological polar surface area (TPSA) is 21.3 Å². The molecule has 2 heteroatoms. The third-order valence-electron chi connectivity index (χ3n) is 4.31. The van der Waals surface area contributed by atoms with E-state index in [1.54, 1.807) is 0 Å². The molecule has 1 N–H and O–H groups in total. The third kappa shape index (κ3) is 2.76. The van der Waals surface area contributed by atoms with Gasteiger partial charge in [-0.25, -0.2) is 0 Å². The van der Waals surface area contributed by atoms with Gasteiger partial charge in [0.05, 0.1) is 12.7 Å². The van der Waals surface area contributed by atoms with Crippen LogP contribution in [0.1, 0.15) is 55.3 Å². The predicted molar refractivity (Wildman–Crippen MR) is 73.8 cm³/mol. The summed E-state index contributed by atoms with van der Waals surface area (Å²) < 4.78 is 5.79. The Balaban J connectivity index is 1.67. The highest BCUT2D eigenvalue weighted by Gasteiger charge is 2.18. The summed E-state index contributed by atoms with van der Waals surface area (Å²) in [6.45, 7) is 2.76. The van der Waals surface area contributed by atoms with Crippen LogP contribution in [-0.4, -0.2) is 19.7 Å². The SMILES string of the molecule is c1cc(C2CNCCO2)ccc1C1CCCCC1. The van der Waals surface area contributed by atoms with E-state index in [4.69, 9.17) is 4.74 Å². The second-order valence-electron chi connectivity index (χ2n) is 5.57. The largest absolute Gasteiger partial charge is 0.371 e. The van der Waals surface area contributed by atoms with E-state index in [1.165, 1.54) is 43.2 Å². The molecule has 2 fully saturated rings. The van der Waals surface area contributed by atoms with Gasteiger partial charge in [0.1, 0.15) is 0 Å². The molecule has 1 aromatic rings. The third-order valence-corrected chi connectivity index (χ3v) is 4.31. The van der Waals surface area contributed by atoms with Crippen molar-refractivity contribution in [1.82, 2.24) is 5.32 Å². The van der Waals surface area contributed by atoms with Crippen molar-refractivity contribution >= 4 is 0 Å². The Morgan fingerprint density at radius 1 is 0.944 bits per heavy atom. The Bertz CT molecular complexity index is 324. The Labute approximate surface area is 110 Å². The summed E-state index contributed by atoms with van der Waals surface area (Å²) in [4.78, 5) is 0. The minimum atomic E-state index is 0.249. The molecule has 0 aromatic heterocycles. The number of hydrogen-bond acceptors (Lipinski definition) is 2. The molecule has 1 aliphatic heterocycles. The first-order valence-electron chi connectivity index (χ1n) is 7.35. The van der Waals surface area contributed by atoms with E-state index in [2.05, 4.69) is 29.6 Å². The molecule has 1 saturated heterocycles. The zero-order chi connectivity index (χ0) is 12.2. The smallest absolute Gasteiger partial charge is 0.0949 e. The van der Waals surface area contributed by atoms with Crippen LogP contribution >= 0.6 is 0 Å². The Kier molecular flexibility index (Phi) is 3.96. The number of benzene rings is 1. The van der Waals surface area contributed by atoms with E-state index < -0.39 is 0 Å². The number of hydrogen-bond donors (Lipinski definition) is 1. The van der Waals surface area contributed by atoms with Crippen molar-refractivity contribution in [2.45, 2.75) is 44.1 Å². The summed E-state index contributed by atoms with van der Waals surface area (Å²) >= 11 is 0. The van der Waals surface area contributed by atoms with Crippen LogP contribution in [0.15, 0.2) is 24.3 Å². The van der Waals surface area contributed by atoms with E-state index in [0.29, 0.717) is 0 Å². The second-order valence-corrected chi connectivity index (χ2v) is 5.57. The summed E-state index contributed by atoms with van der Waals surface area (Å²) in [5.74, 6) is 0.804. The van der Waals surface area contributed by atoms with Gasteiger partial charge in [0.15, 0.2) is 0 Å². The molecule has 0 radical (unpaired) electrons. The van der Waals surface area contributed by atoms with Crippen molar-refractivity contribution in [1.29, 1.82) is 0 Å². The van der Waals surface area contributed by atoms with Gasteiger partial charge in [-0.15, -0.1) is 0 Å². The molecule has 1 aliphatic carbocycles. The van der Waals surface area contributed by atoms with E-state index in [-0.39, 0.29) is 6.10 Å². The molecule has 1 atom stereocenters. The predicted octanol–water partition coefficient (Wildman–Crippen LogP) is 3.40. The summed E-state index contributed by atoms with van der Waals surface area (Å²) in [6.07, 6.45) is 7.24. The molecule has 0 amide bonds. The molecule has 98 valence electrons. The van der Waals surface area contributed by atoms with Crippen LogP contribution in [0.25, 0.3) is 0 Å². The fourth-order valence-corrected chi connectivity index (χ4v) is 3.20. The molecule has 1 heterocycles. The van der Waals surface area contributed by atoms with E-state index in [1.807, 2.05) is 0 Å². The molecule has 2 nitrogen and oxygen atoms in total. The maximum Gasteiger partial charge on any atom is 0.0949 e. The maximum atomic E-state index is 5.79. The summed E-state index contributed by atoms with van der Waals surface area (Å²) in [6, 6.07) is 9.18. The van der Waals surface area contributed by atoms with Crippen LogP contribution in [0.2, 0.25) is 0 Å². The van der Waals surface area contributed by atoms with Crippen LogP contribution < -0.4 is 5.32 Å². The summed E-state index contributed by atoms with van der Waals surface area (Å²) in [5.41, 5.74) is 2.85. The van der Waals surface area contributed by atoms with Gasteiger partial charge in [0.2, 0.25) is 0 Å². The molecule has 18 heavy (non-hydrogen) atoms. The van der Waals surface area contributed by atoms with Gasteiger partial charge in [-0.1, -0.05) is 43.5 Å². The lowest BCUT2D eigenvalue weighted by Crippen LogP contribution is -2.33. The number of nitrogens with one attached hydrogen (secondary N) is 1. The summed E-state index contributed by atoms with van der Waals surface area (Å²) in [5, 5.41) is 3.39. The molecule has 1 unspecified atom stereocenters. The lowest BCUT2D eigenvalue weighted by molar-refractivity contribution is 0.0277. The maximum absolute atomic E-state index is 5.79. The lowest BCUT2D eigenvalue weighted by atomic mass is 9.84. The molecule has 1 saturated carbocycles. The van der Waals surface area contributed by atoms with Gasteiger partial charge < -0.3 is 10.1 Å². The monoisotopic (exact) mass is 245 g/mol. The fraction of sp³-hybridized carbons (Fsp3) is 0.625. The minimum absolute atomic E-state index is 0.249. The molecular formula is C16H23NO. The Morgan fingerprint density at radius 3 is 2.33 bits per heavy atom. The normalized spacial score (nSPS) is 26.1. The fourth-order valence-electron chi connectivity index (χ4n) is 3.20. The van der Waals surface area contributed by atoms with Crippen molar-refractivity contribution in [2.75, 3.05) is 19.7 Å². The van der Waals surface area contributed by atoms with Crippen molar-refractivity contribution < 1.29 is 4.74 Å². The highest BCUT2D eigenvalue weighted by molar-refractivity contribution is 5.27. The standard InChI is InChI=1S/C16H23NO/c1-2-4-13(5-3-1)14-6-8-15(9-7-14)16-12-17-10-11-18-16/h6-9,13,16-17H,1-5,10-12H2. The van der Waals surface area contributed by atoms with Crippen LogP contribution in [0.3, 0.4) is 0 Å². The van der Waals surface area contributed by atoms with Gasteiger partial charge >= 0.3 is 0 Å². The Morgan fingerprint density at radius 2 is 1.67 bits per heavy atom. The molecule has 0 spiro atoms. The second kappa shape index (κ2) is 5.85. The van der Waals surface area contributed by atoms with Crippen LogP contribution in [0, 0.1) is 0 Å². The first kappa shape index (κ1) is 12.2. The van der Waals surface area contributed by atoms with Crippen LogP contribution in [0.5, 0.6) is 0 Å². The van der Waals surface area contributed by atoms with E-state index >= 15 is 0 Å². The number of rotatable bonds is 2.